The second-order valence-electron chi connectivity index (χ2n) is 4.73. The van der Waals surface area contributed by atoms with Gasteiger partial charge in [0.15, 0.2) is 0 Å². The van der Waals surface area contributed by atoms with Crippen molar-refractivity contribution in [1.29, 1.82) is 0 Å². The van der Waals surface area contributed by atoms with E-state index in [2.05, 4.69) is 18.7 Å². The van der Waals surface area contributed by atoms with Crippen LogP contribution in [0.15, 0.2) is 67.3 Å². The molecule has 2 aromatic carbocycles. The van der Waals surface area contributed by atoms with E-state index in [-0.39, 0.29) is 6.10 Å². The van der Waals surface area contributed by atoms with E-state index in [0.29, 0.717) is 5.03 Å². The molecule has 2 aromatic rings. The lowest BCUT2D eigenvalue weighted by Crippen LogP contribution is -1.93. The van der Waals surface area contributed by atoms with Crippen molar-refractivity contribution in [1.82, 2.24) is 0 Å². The van der Waals surface area contributed by atoms with Gasteiger partial charge in [-0.3, -0.25) is 0 Å². The lowest BCUT2D eigenvalue weighted by atomic mass is 10.0. The lowest BCUT2D eigenvalue weighted by molar-refractivity contribution is 0.193. The van der Waals surface area contributed by atoms with E-state index < -0.39 is 0 Å². The molecular weight excluding hydrogens is 268 g/mol. The predicted octanol–water partition coefficient (Wildman–Crippen LogP) is 5.40. The summed E-state index contributed by atoms with van der Waals surface area (Å²) in [5, 5.41) is 0.657. The van der Waals surface area contributed by atoms with Gasteiger partial charge in [-0.1, -0.05) is 72.3 Å². The molecule has 0 fully saturated rings. The highest BCUT2D eigenvalue weighted by atomic mass is 35.5. The van der Waals surface area contributed by atoms with Crippen molar-refractivity contribution in [3.63, 3.8) is 0 Å². The van der Waals surface area contributed by atoms with E-state index >= 15 is 0 Å². The van der Waals surface area contributed by atoms with Gasteiger partial charge in [0.2, 0.25) is 0 Å². The Morgan fingerprint density at radius 3 is 2.55 bits per heavy atom. The molecule has 0 saturated carbocycles. The monoisotopic (exact) mass is 282 g/mol. The van der Waals surface area contributed by atoms with Crippen LogP contribution in [0.25, 0.3) is 10.8 Å². The first-order chi connectivity index (χ1) is 9.81. The fourth-order valence-electron chi connectivity index (χ4n) is 2.47. The molecule has 3 rings (SSSR count). The first kappa shape index (κ1) is 13.0. The summed E-state index contributed by atoms with van der Waals surface area (Å²) in [6.07, 6.45) is 2.66. The van der Waals surface area contributed by atoms with Gasteiger partial charge in [0.05, 0.1) is 5.03 Å². The number of rotatable bonds is 3. The smallest absolute Gasteiger partial charge is 0.147 e. The van der Waals surface area contributed by atoms with Crippen molar-refractivity contribution in [3.8, 4) is 0 Å². The van der Waals surface area contributed by atoms with E-state index in [0.717, 1.165) is 23.3 Å². The van der Waals surface area contributed by atoms with Crippen LogP contribution in [-0.4, -0.2) is 0 Å². The molecule has 1 aliphatic heterocycles. The standard InChI is InChI=1S/C18H15ClO/c1-2-8-16-14-11-6-7-12-15(14)18(20-16)17(19)13-9-4-3-5-10-13/h2-7,9-12,16H,1,8H2/b18-17-. The molecule has 0 radical (unpaired) electrons. The molecule has 20 heavy (non-hydrogen) atoms. The molecule has 1 aliphatic rings. The molecule has 1 heterocycles. The number of benzene rings is 2. The molecule has 2 heteroatoms. The van der Waals surface area contributed by atoms with Gasteiger partial charge in [0.25, 0.3) is 0 Å². The van der Waals surface area contributed by atoms with Crippen molar-refractivity contribution >= 4 is 22.4 Å². The van der Waals surface area contributed by atoms with Gasteiger partial charge in [0.1, 0.15) is 11.9 Å². The average molecular weight is 283 g/mol. The average Bonchev–Trinajstić information content (AvgIpc) is 2.87. The van der Waals surface area contributed by atoms with Crippen LogP contribution in [0.2, 0.25) is 0 Å². The fourth-order valence-corrected chi connectivity index (χ4v) is 2.74. The molecule has 1 nitrogen and oxygen atoms in total. The third-order valence-electron chi connectivity index (χ3n) is 3.42. The van der Waals surface area contributed by atoms with Gasteiger partial charge in [-0.15, -0.1) is 6.58 Å². The van der Waals surface area contributed by atoms with Gasteiger partial charge in [0, 0.05) is 17.5 Å². The third-order valence-corrected chi connectivity index (χ3v) is 3.81. The summed E-state index contributed by atoms with van der Waals surface area (Å²) in [5.74, 6) is 0.764. The van der Waals surface area contributed by atoms with E-state index in [9.17, 15) is 0 Å². The molecule has 0 N–H and O–H groups in total. The van der Waals surface area contributed by atoms with Crippen LogP contribution >= 0.6 is 11.6 Å². The Morgan fingerprint density at radius 2 is 1.80 bits per heavy atom. The molecule has 1 atom stereocenters. The highest BCUT2D eigenvalue weighted by Gasteiger charge is 2.29. The Kier molecular flexibility index (Phi) is 3.62. The summed E-state index contributed by atoms with van der Waals surface area (Å²) < 4.78 is 6.06. The molecule has 0 saturated heterocycles. The molecule has 100 valence electrons. The lowest BCUT2D eigenvalue weighted by Gasteiger charge is -2.10. The summed E-state index contributed by atoms with van der Waals surface area (Å²) in [5.41, 5.74) is 3.22. The Balaban J connectivity index is 2.10. The minimum atomic E-state index is 0.0103. The number of fused-ring (bicyclic) bond motifs is 1. The van der Waals surface area contributed by atoms with Crippen LogP contribution < -0.4 is 0 Å². The minimum absolute atomic E-state index is 0.0103. The quantitative estimate of drug-likeness (QED) is 0.685. The van der Waals surface area contributed by atoms with Crippen molar-refractivity contribution in [2.75, 3.05) is 0 Å². The van der Waals surface area contributed by atoms with E-state index in [1.165, 1.54) is 5.56 Å². The normalized spacial score (nSPS) is 19.1. The molecule has 0 aromatic heterocycles. The van der Waals surface area contributed by atoms with Crippen LogP contribution in [-0.2, 0) is 4.74 Å². The van der Waals surface area contributed by atoms with Crippen molar-refractivity contribution in [2.24, 2.45) is 0 Å². The van der Waals surface area contributed by atoms with Gasteiger partial charge >= 0.3 is 0 Å². The molecule has 1 unspecified atom stereocenters. The van der Waals surface area contributed by atoms with E-state index in [1.54, 1.807) is 0 Å². The van der Waals surface area contributed by atoms with E-state index in [1.807, 2.05) is 48.5 Å². The van der Waals surface area contributed by atoms with Crippen LogP contribution in [0.3, 0.4) is 0 Å². The van der Waals surface area contributed by atoms with Crippen molar-refractivity contribution < 1.29 is 4.74 Å². The maximum Gasteiger partial charge on any atom is 0.147 e. The van der Waals surface area contributed by atoms with Crippen LogP contribution in [0.5, 0.6) is 0 Å². The third kappa shape index (κ3) is 2.25. The van der Waals surface area contributed by atoms with Crippen LogP contribution in [0.1, 0.15) is 29.2 Å². The Hall–Kier alpha value is -1.99. The maximum absolute atomic E-state index is 6.53. The zero-order chi connectivity index (χ0) is 13.9. The maximum atomic E-state index is 6.53. The van der Waals surface area contributed by atoms with Crippen molar-refractivity contribution in [2.45, 2.75) is 12.5 Å². The van der Waals surface area contributed by atoms with Crippen LogP contribution in [0.4, 0.5) is 0 Å². The zero-order valence-corrected chi connectivity index (χ0v) is 11.8. The molecule has 0 aliphatic carbocycles. The van der Waals surface area contributed by atoms with Gasteiger partial charge in [-0.05, 0) is 5.56 Å². The van der Waals surface area contributed by atoms with Gasteiger partial charge in [-0.2, -0.15) is 0 Å². The molecule has 0 amide bonds. The predicted molar refractivity (Wildman–Crippen MR) is 84.2 cm³/mol. The Morgan fingerprint density at radius 1 is 1.10 bits per heavy atom. The number of ether oxygens (including phenoxy) is 1. The number of hydrogen-bond donors (Lipinski definition) is 0. The van der Waals surface area contributed by atoms with Gasteiger partial charge in [-0.25, -0.2) is 0 Å². The number of hydrogen-bond acceptors (Lipinski definition) is 1. The molecule has 0 spiro atoms. The van der Waals surface area contributed by atoms with Crippen LogP contribution in [0, 0.1) is 0 Å². The summed E-state index contributed by atoms with van der Waals surface area (Å²) in [6, 6.07) is 18.1. The second-order valence-corrected chi connectivity index (χ2v) is 5.11. The summed E-state index contributed by atoms with van der Waals surface area (Å²) in [6.45, 7) is 3.80. The topological polar surface area (TPSA) is 9.23 Å². The first-order valence-corrected chi connectivity index (χ1v) is 7.01. The highest BCUT2D eigenvalue weighted by molar-refractivity contribution is 6.52. The van der Waals surface area contributed by atoms with E-state index in [4.69, 9.17) is 16.3 Å². The Bertz CT molecular complexity index is 658. The largest absolute Gasteiger partial charge is 0.483 e. The van der Waals surface area contributed by atoms with Crippen molar-refractivity contribution in [3.05, 3.63) is 83.9 Å². The zero-order valence-electron chi connectivity index (χ0n) is 11.1. The number of halogens is 1. The highest BCUT2D eigenvalue weighted by Crippen LogP contribution is 2.44. The summed E-state index contributed by atoms with van der Waals surface area (Å²) in [4.78, 5) is 0. The Labute approximate surface area is 124 Å². The second kappa shape index (κ2) is 5.56. The summed E-state index contributed by atoms with van der Waals surface area (Å²) >= 11 is 6.53. The first-order valence-electron chi connectivity index (χ1n) is 6.63. The summed E-state index contributed by atoms with van der Waals surface area (Å²) in [7, 11) is 0. The SMILES string of the molecule is C=CCC1O/C(=C(\Cl)c2ccccc2)c2ccccc21. The fraction of sp³-hybridized carbons (Fsp3) is 0.111. The minimum Gasteiger partial charge on any atom is -0.483 e. The molecule has 0 bridgehead atoms. The van der Waals surface area contributed by atoms with Gasteiger partial charge < -0.3 is 4.74 Å². The molecular formula is C18H15ClO.